The smallest absolute Gasteiger partial charge is 0.265 e. The van der Waals surface area contributed by atoms with E-state index in [0.29, 0.717) is 30.8 Å². The molecule has 2 amide bonds. The molecule has 34 heavy (non-hydrogen) atoms. The predicted molar refractivity (Wildman–Crippen MR) is 129 cm³/mol. The zero-order valence-corrected chi connectivity index (χ0v) is 20.5. The average Bonchev–Trinajstić information content (AvgIpc) is 3.33. The molecular weight excluding hydrogens is 458 g/mol. The summed E-state index contributed by atoms with van der Waals surface area (Å²) in [6, 6.07) is 10.1. The average molecular weight is 490 g/mol. The highest BCUT2D eigenvalue weighted by atomic mass is 32.2. The normalized spacial score (nSPS) is 15.6. The Labute approximate surface area is 200 Å². The molecule has 1 saturated heterocycles. The number of anilines is 1. The second-order valence-corrected chi connectivity index (χ2v) is 9.65. The molecule has 1 atom stereocenters. The number of carbonyl (C=O) groups is 2. The Bertz CT molecular complexity index is 1120. The molecule has 2 aromatic rings. The number of likely N-dealkylation sites (tertiary alicyclic amines) is 1. The van der Waals surface area contributed by atoms with Crippen molar-refractivity contribution in [2.75, 3.05) is 32.0 Å². The highest BCUT2D eigenvalue weighted by molar-refractivity contribution is 7.92. The third-order valence-corrected chi connectivity index (χ3v) is 7.09. The van der Waals surface area contributed by atoms with Crippen LogP contribution in [0.4, 0.5) is 5.69 Å². The Morgan fingerprint density at radius 1 is 1.09 bits per heavy atom. The van der Waals surface area contributed by atoms with Gasteiger partial charge in [0.2, 0.25) is 5.91 Å². The summed E-state index contributed by atoms with van der Waals surface area (Å²) in [6.07, 6.45) is 3.27. The van der Waals surface area contributed by atoms with Gasteiger partial charge in [0.15, 0.2) is 0 Å². The van der Waals surface area contributed by atoms with E-state index < -0.39 is 16.1 Å². The Balaban J connectivity index is 1.72. The zero-order chi connectivity index (χ0) is 24.7. The second kappa shape index (κ2) is 11.2. The number of sulfonamides is 1. The van der Waals surface area contributed by atoms with Crippen LogP contribution in [0.3, 0.4) is 0 Å². The van der Waals surface area contributed by atoms with Crippen LogP contribution in [0, 0.1) is 0 Å². The van der Waals surface area contributed by atoms with E-state index in [4.69, 9.17) is 9.47 Å². The number of nitrogens with zero attached hydrogens (tertiary/aromatic N) is 1. The van der Waals surface area contributed by atoms with Crippen molar-refractivity contribution >= 4 is 27.5 Å². The van der Waals surface area contributed by atoms with Gasteiger partial charge in [-0.05, 0) is 55.7 Å². The van der Waals surface area contributed by atoms with Gasteiger partial charge in [-0.15, -0.1) is 0 Å². The number of unbranched alkanes of at least 4 members (excludes halogenated alkanes) is 1. The van der Waals surface area contributed by atoms with Gasteiger partial charge in [-0.2, -0.15) is 0 Å². The topological polar surface area (TPSA) is 114 Å². The van der Waals surface area contributed by atoms with Gasteiger partial charge < -0.3 is 19.7 Å². The van der Waals surface area contributed by atoms with Crippen LogP contribution >= 0.6 is 0 Å². The maximum absolute atomic E-state index is 13.0. The summed E-state index contributed by atoms with van der Waals surface area (Å²) < 4.78 is 38.7. The van der Waals surface area contributed by atoms with Crippen molar-refractivity contribution in [2.45, 2.75) is 43.5 Å². The van der Waals surface area contributed by atoms with Crippen LogP contribution in [-0.4, -0.2) is 58.5 Å². The number of carbonyl (C=O) groups excluding carboxylic acids is 2. The molecule has 1 fully saturated rings. The summed E-state index contributed by atoms with van der Waals surface area (Å²) in [5, 5.41) is 2.90. The monoisotopic (exact) mass is 489 g/mol. The molecular formula is C24H31N3O6S. The van der Waals surface area contributed by atoms with E-state index in [1.54, 1.807) is 23.1 Å². The number of nitrogens with one attached hydrogen (secondary N) is 2. The lowest BCUT2D eigenvalue weighted by atomic mass is 10.1. The number of methoxy groups -OCH3 is 2. The Kier molecular flexibility index (Phi) is 8.38. The highest BCUT2D eigenvalue weighted by Gasteiger charge is 2.34. The van der Waals surface area contributed by atoms with Crippen LogP contribution in [0.2, 0.25) is 0 Å². The Morgan fingerprint density at radius 2 is 1.82 bits per heavy atom. The van der Waals surface area contributed by atoms with E-state index >= 15 is 0 Å². The van der Waals surface area contributed by atoms with Crippen molar-refractivity contribution in [3.8, 4) is 11.5 Å². The fourth-order valence-corrected chi connectivity index (χ4v) is 5.08. The van der Waals surface area contributed by atoms with Gasteiger partial charge in [0.1, 0.15) is 22.4 Å². The highest BCUT2D eigenvalue weighted by Crippen LogP contribution is 2.30. The molecule has 10 heteroatoms. The van der Waals surface area contributed by atoms with Gasteiger partial charge in [-0.1, -0.05) is 13.3 Å². The first-order chi connectivity index (χ1) is 16.3. The number of hydrogen-bond acceptors (Lipinski definition) is 6. The van der Waals surface area contributed by atoms with E-state index in [1.165, 1.54) is 38.5 Å². The third-order valence-electron chi connectivity index (χ3n) is 5.69. The van der Waals surface area contributed by atoms with E-state index in [1.807, 2.05) is 0 Å². The van der Waals surface area contributed by atoms with E-state index in [0.717, 1.165) is 19.3 Å². The van der Waals surface area contributed by atoms with Crippen molar-refractivity contribution in [3.63, 3.8) is 0 Å². The molecule has 0 radical (unpaired) electrons. The SMILES string of the molecule is CCCCNC(=O)C1CCCN1C(=O)c1ccc(NS(=O)(=O)c2cc(OC)ccc2OC)cc1. The van der Waals surface area contributed by atoms with Crippen LogP contribution in [-0.2, 0) is 14.8 Å². The molecule has 0 bridgehead atoms. The maximum Gasteiger partial charge on any atom is 0.265 e. The van der Waals surface area contributed by atoms with E-state index in [9.17, 15) is 18.0 Å². The molecule has 1 aliphatic rings. The fourth-order valence-electron chi connectivity index (χ4n) is 3.84. The van der Waals surface area contributed by atoms with Crippen LogP contribution in [0.25, 0.3) is 0 Å². The van der Waals surface area contributed by atoms with E-state index in [2.05, 4.69) is 17.0 Å². The molecule has 0 saturated carbocycles. The van der Waals surface area contributed by atoms with Crippen LogP contribution in [0.15, 0.2) is 47.4 Å². The summed E-state index contributed by atoms with van der Waals surface area (Å²) >= 11 is 0. The van der Waals surface area contributed by atoms with Crippen molar-refractivity contribution in [2.24, 2.45) is 0 Å². The molecule has 2 aromatic carbocycles. The fraction of sp³-hybridized carbons (Fsp3) is 0.417. The Morgan fingerprint density at radius 3 is 2.47 bits per heavy atom. The second-order valence-electron chi connectivity index (χ2n) is 8.00. The van der Waals surface area contributed by atoms with Crippen molar-refractivity contribution in [1.29, 1.82) is 0 Å². The first-order valence-electron chi connectivity index (χ1n) is 11.2. The molecule has 1 unspecified atom stereocenters. The summed E-state index contributed by atoms with van der Waals surface area (Å²) in [5.74, 6) is 0.173. The number of hydrogen-bond donors (Lipinski definition) is 2. The van der Waals surface area contributed by atoms with Gasteiger partial charge in [0.25, 0.3) is 15.9 Å². The Hall–Kier alpha value is -3.27. The molecule has 2 N–H and O–H groups in total. The summed E-state index contributed by atoms with van der Waals surface area (Å²) in [4.78, 5) is 27.1. The number of ether oxygens (including phenoxy) is 2. The lowest BCUT2D eigenvalue weighted by Gasteiger charge is -2.24. The molecule has 1 heterocycles. The third kappa shape index (κ3) is 5.80. The minimum atomic E-state index is -3.97. The quantitative estimate of drug-likeness (QED) is 0.496. The first kappa shape index (κ1) is 25.4. The summed E-state index contributed by atoms with van der Waals surface area (Å²) in [5.41, 5.74) is 0.673. The molecule has 0 aliphatic carbocycles. The first-order valence-corrected chi connectivity index (χ1v) is 12.7. The van der Waals surface area contributed by atoms with E-state index in [-0.39, 0.29) is 28.1 Å². The molecule has 184 valence electrons. The number of amides is 2. The largest absolute Gasteiger partial charge is 0.497 e. The van der Waals surface area contributed by atoms with Gasteiger partial charge in [0, 0.05) is 30.4 Å². The lowest BCUT2D eigenvalue weighted by Crippen LogP contribution is -2.46. The van der Waals surface area contributed by atoms with Gasteiger partial charge in [0.05, 0.1) is 14.2 Å². The minimum Gasteiger partial charge on any atom is -0.497 e. The summed E-state index contributed by atoms with van der Waals surface area (Å²) in [6.45, 7) is 3.16. The van der Waals surface area contributed by atoms with Gasteiger partial charge in [-0.3, -0.25) is 14.3 Å². The number of rotatable bonds is 10. The zero-order valence-electron chi connectivity index (χ0n) is 19.7. The van der Waals surface area contributed by atoms with Gasteiger partial charge in [-0.25, -0.2) is 8.42 Å². The van der Waals surface area contributed by atoms with Crippen LogP contribution in [0.5, 0.6) is 11.5 Å². The predicted octanol–water partition coefficient (Wildman–Crippen LogP) is 3.03. The van der Waals surface area contributed by atoms with Crippen LogP contribution < -0.4 is 19.5 Å². The minimum absolute atomic E-state index is 0.0662. The van der Waals surface area contributed by atoms with Gasteiger partial charge >= 0.3 is 0 Å². The maximum atomic E-state index is 13.0. The molecule has 3 rings (SSSR count). The number of benzene rings is 2. The molecule has 1 aliphatic heterocycles. The van der Waals surface area contributed by atoms with Crippen molar-refractivity contribution < 1.29 is 27.5 Å². The van der Waals surface area contributed by atoms with Crippen molar-refractivity contribution in [1.82, 2.24) is 10.2 Å². The molecule has 0 aromatic heterocycles. The lowest BCUT2D eigenvalue weighted by molar-refractivity contribution is -0.124. The van der Waals surface area contributed by atoms with Crippen LogP contribution in [0.1, 0.15) is 43.0 Å². The summed E-state index contributed by atoms with van der Waals surface area (Å²) in [7, 11) is -1.14. The van der Waals surface area contributed by atoms with Crippen molar-refractivity contribution in [3.05, 3.63) is 48.0 Å². The molecule has 9 nitrogen and oxygen atoms in total. The standard InChI is InChI=1S/C24H31N3O6S/c1-4-5-14-25-23(28)20-7-6-15-27(20)24(29)17-8-10-18(11-9-17)26-34(30,31)22-16-19(32-2)12-13-21(22)33-3/h8-13,16,20,26H,4-7,14-15H2,1-3H3,(H,25,28). The molecule has 0 spiro atoms.